The zero-order valence-corrected chi connectivity index (χ0v) is 13.5. The van der Waals surface area contributed by atoms with Crippen LogP contribution in [0.25, 0.3) is 0 Å². The molecular weight excluding hydrogens is 288 g/mol. The maximum Gasteiger partial charge on any atom is 0.287 e. The average Bonchev–Trinajstić information content (AvgIpc) is 2.95. The van der Waals surface area contributed by atoms with Gasteiger partial charge in [-0.05, 0) is 39.8 Å². The van der Waals surface area contributed by atoms with E-state index in [2.05, 4.69) is 16.5 Å². The number of rotatable bonds is 7. The minimum absolute atomic E-state index is 0.226. The van der Waals surface area contributed by atoms with E-state index in [0.717, 1.165) is 19.5 Å². The molecule has 1 aromatic rings. The van der Waals surface area contributed by atoms with Gasteiger partial charge in [-0.25, -0.2) is 4.68 Å². The first kappa shape index (κ1) is 16.0. The number of anilines is 1. The molecular formula is C15H23ClN4O. The van der Waals surface area contributed by atoms with Crippen molar-refractivity contribution in [3.63, 3.8) is 0 Å². The van der Waals surface area contributed by atoms with Gasteiger partial charge in [-0.15, -0.1) is 0 Å². The van der Waals surface area contributed by atoms with Crippen molar-refractivity contribution in [1.29, 1.82) is 0 Å². The molecule has 1 aliphatic carbocycles. The number of aromatic nitrogens is 2. The summed E-state index contributed by atoms with van der Waals surface area (Å²) >= 11 is 6.15. The highest BCUT2D eigenvalue weighted by molar-refractivity contribution is 6.32. The Morgan fingerprint density at radius 1 is 1.48 bits per heavy atom. The number of likely N-dealkylation sites (N-methyl/N-ethyl adjacent to an activating group) is 1. The quantitative estimate of drug-likeness (QED) is 0.786. The van der Waals surface area contributed by atoms with Crippen LogP contribution < -0.4 is 10.9 Å². The fourth-order valence-corrected chi connectivity index (χ4v) is 2.58. The van der Waals surface area contributed by atoms with Gasteiger partial charge in [0.2, 0.25) is 0 Å². The van der Waals surface area contributed by atoms with Crippen LogP contribution in [0.5, 0.6) is 0 Å². The van der Waals surface area contributed by atoms with Crippen LogP contribution in [0.4, 0.5) is 5.69 Å². The van der Waals surface area contributed by atoms with Crippen molar-refractivity contribution >= 4 is 17.3 Å². The van der Waals surface area contributed by atoms with E-state index in [1.54, 1.807) is 6.20 Å². The van der Waals surface area contributed by atoms with Crippen molar-refractivity contribution in [1.82, 2.24) is 14.7 Å². The summed E-state index contributed by atoms with van der Waals surface area (Å²) < 4.78 is 1.41. The van der Waals surface area contributed by atoms with Gasteiger partial charge in [0, 0.05) is 13.1 Å². The third-order valence-electron chi connectivity index (χ3n) is 3.64. The number of nitrogens with zero attached hydrogens (tertiary/aromatic N) is 3. The normalized spacial score (nSPS) is 14.6. The van der Waals surface area contributed by atoms with Gasteiger partial charge in [0.1, 0.15) is 5.02 Å². The largest absolute Gasteiger partial charge is 0.382 e. The molecule has 116 valence electrons. The van der Waals surface area contributed by atoms with E-state index in [9.17, 15) is 4.79 Å². The molecule has 1 N–H and O–H groups in total. The molecule has 5 nitrogen and oxygen atoms in total. The molecule has 0 spiro atoms. The molecule has 6 heteroatoms. The third-order valence-corrected chi connectivity index (χ3v) is 4.01. The second-order valence-electron chi connectivity index (χ2n) is 5.64. The topological polar surface area (TPSA) is 50.2 Å². The summed E-state index contributed by atoms with van der Waals surface area (Å²) in [6.07, 6.45) is 8.60. The van der Waals surface area contributed by atoms with Gasteiger partial charge < -0.3 is 10.2 Å². The Labute approximate surface area is 130 Å². The van der Waals surface area contributed by atoms with Crippen LogP contribution in [-0.2, 0) is 6.54 Å². The predicted octanol–water partition coefficient (Wildman–Crippen LogP) is 2.37. The van der Waals surface area contributed by atoms with Gasteiger partial charge in [-0.1, -0.05) is 23.3 Å². The van der Waals surface area contributed by atoms with Crippen LogP contribution in [0.15, 0.2) is 22.6 Å². The van der Waals surface area contributed by atoms with E-state index in [1.807, 2.05) is 19.0 Å². The first-order valence-electron chi connectivity index (χ1n) is 7.40. The fraction of sp³-hybridized carbons (Fsp3) is 0.600. The van der Waals surface area contributed by atoms with Gasteiger partial charge in [-0.2, -0.15) is 5.10 Å². The molecule has 0 amide bonds. The van der Waals surface area contributed by atoms with Crippen molar-refractivity contribution in [3.8, 4) is 0 Å². The molecule has 0 bridgehead atoms. The Morgan fingerprint density at radius 3 is 2.95 bits per heavy atom. The molecule has 1 heterocycles. The molecule has 2 rings (SSSR count). The van der Waals surface area contributed by atoms with Crippen molar-refractivity contribution in [2.45, 2.75) is 32.2 Å². The smallest absolute Gasteiger partial charge is 0.287 e. The Hall–Kier alpha value is -1.33. The minimum Gasteiger partial charge on any atom is -0.382 e. The summed E-state index contributed by atoms with van der Waals surface area (Å²) in [5.41, 5.74) is 1.89. The highest BCUT2D eigenvalue weighted by atomic mass is 35.5. The molecule has 0 saturated heterocycles. The van der Waals surface area contributed by atoms with E-state index in [1.165, 1.54) is 29.5 Å². The summed E-state index contributed by atoms with van der Waals surface area (Å²) in [5, 5.41) is 7.62. The minimum atomic E-state index is -0.233. The summed E-state index contributed by atoms with van der Waals surface area (Å²) in [5.74, 6) is 0. The SMILES string of the molecule is CN(C)CCn1ncc(NCCC2=CCCC2)c(Cl)c1=O. The van der Waals surface area contributed by atoms with Gasteiger partial charge in [0.15, 0.2) is 0 Å². The summed E-state index contributed by atoms with van der Waals surface area (Å²) in [6.45, 7) is 2.08. The molecule has 0 fully saturated rings. The van der Waals surface area contributed by atoms with E-state index >= 15 is 0 Å². The number of halogens is 1. The standard InChI is InChI=1S/C15H23ClN4O/c1-19(2)9-10-20-15(21)14(16)13(11-18-20)17-8-7-12-5-3-4-6-12/h5,11,17H,3-4,6-10H2,1-2H3. The first-order chi connectivity index (χ1) is 10.1. The van der Waals surface area contributed by atoms with Gasteiger partial charge in [0.05, 0.1) is 18.4 Å². The van der Waals surface area contributed by atoms with Crippen molar-refractivity contribution < 1.29 is 0 Å². The van der Waals surface area contributed by atoms with Crippen molar-refractivity contribution in [2.24, 2.45) is 0 Å². The highest BCUT2D eigenvalue weighted by Crippen LogP contribution is 2.21. The molecule has 0 radical (unpaired) electrons. The zero-order chi connectivity index (χ0) is 15.2. The Kier molecular flexibility index (Phi) is 5.82. The number of hydrogen-bond donors (Lipinski definition) is 1. The Bertz CT molecular complexity index is 565. The van der Waals surface area contributed by atoms with Gasteiger partial charge >= 0.3 is 0 Å². The third kappa shape index (κ3) is 4.58. The highest BCUT2D eigenvalue weighted by Gasteiger charge is 2.10. The zero-order valence-electron chi connectivity index (χ0n) is 12.7. The lowest BCUT2D eigenvalue weighted by Crippen LogP contribution is -2.29. The number of nitrogens with one attached hydrogen (secondary N) is 1. The molecule has 21 heavy (non-hydrogen) atoms. The maximum absolute atomic E-state index is 12.1. The number of hydrogen-bond acceptors (Lipinski definition) is 4. The molecule has 1 aromatic heterocycles. The van der Waals surface area contributed by atoms with Crippen molar-refractivity contribution in [2.75, 3.05) is 32.5 Å². The molecule has 0 aliphatic heterocycles. The lowest BCUT2D eigenvalue weighted by molar-refractivity contribution is 0.367. The second kappa shape index (κ2) is 7.61. The van der Waals surface area contributed by atoms with Crippen LogP contribution in [0, 0.1) is 0 Å². The van der Waals surface area contributed by atoms with Crippen LogP contribution in [-0.4, -0.2) is 41.9 Å². The fourth-order valence-electron chi connectivity index (χ4n) is 2.36. The Morgan fingerprint density at radius 2 is 2.29 bits per heavy atom. The average molecular weight is 311 g/mol. The van der Waals surface area contributed by atoms with Crippen LogP contribution in [0.2, 0.25) is 5.02 Å². The predicted molar refractivity (Wildman–Crippen MR) is 87.1 cm³/mol. The lowest BCUT2D eigenvalue weighted by atomic mass is 10.2. The monoisotopic (exact) mass is 310 g/mol. The van der Waals surface area contributed by atoms with Crippen LogP contribution in [0.3, 0.4) is 0 Å². The van der Waals surface area contributed by atoms with E-state index in [0.29, 0.717) is 12.2 Å². The van der Waals surface area contributed by atoms with Gasteiger partial charge in [0.25, 0.3) is 5.56 Å². The summed E-state index contributed by atoms with van der Waals surface area (Å²) in [7, 11) is 3.92. The second-order valence-corrected chi connectivity index (χ2v) is 6.01. The molecule has 0 unspecified atom stereocenters. The first-order valence-corrected chi connectivity index (χ1v) is 7.78. The van der Waals surface area contributed by atoms with Gasteiger partial charge in [-0.3, -0.25) is 4.79 Å². The Balaban J connectivity index is 1.94. The molecule has 0 aromatic carbocycles. The van der Waals surface area contributed by atoms with Crippen molar-refractivity contribution in [3.05, 3.63) is 33.2 Å². The lowest BCUT2D eigenvalue weighted by Gasteiger charge is -2.12. The van der Waals surface area contributed by atoms with E-state index in [4.69, 9.17) is 11.6 Å². The maximum atomic E-state index is 12.1. The molecule has 0 atom stereocenters. The summed E-state index contributed by atoms with van der Waals surface area (Å²) in [4.78, 5) is 14.1. The van der Waals surface area contributed by atoms with E-state index in [-0.39, 0.29) is 10.6 Å². The van der Waals surface area contributed by atoms with Crippen LogP contribution in [0.1, 0.15) is 25.7 Å². The molecule has 1 aliphatic rings. The number of allylic oxidation sites excluding steroid dienone is 1. The summed E-state index contributed by atoms with van der Waals surface area (Å²) in [6, 6.07) is 0. The van der Waals surface area contributed by atoms with E-state index < -0.39 is 0 Å². The van der Waals surface area contributed by atoms with Crippen LogP contribution >= 0.6 is 11.6 Å². The molecule has 0 saturated carbocycles.